The molecule has 9 nitrogen and oxygen atoms in total. The van der Waals surface area contributed by atoms with Gasteiger partial charge >= 0.3 is 11.7 Å². The van der Waals surface area contributed by atoms with Crippen LogP contribution in [0.1, 0.15) is 16.7 Å². The van der Waals surface area contributed by atoms with E-state index in [1.165, 1.54) is 43.3 Å². The van der Waals surface area contributed by atoms with Crippen LogP contribution in [-0.4, -0.2) is 40.6 Å². The molecule has 3 rings (SSSR count). The SMILES string of the molecule is Cc1c(Cc2cccc(N(C)S(N)(=O)=O)c2F)c(=O)oc2cc(OC(=O)N(C)C)ccc12. The molecule has 0 aliphatic rings. The average molecular weight is 463 g/mol. The molecule has 0 fully saturated rings. The van der Waals surface area contributed by atoms with Gasteiger partial charge in [0.2, 0.25) is 0 Å². The van der Waals surface area contributed by atoms with Gasteiger partial charge in [0.1, 0.15) is 11.3 Å². The third-order valence-electron chi connectivity index (χ3n) is 4.98. The van der Waals surface area contributed by atoms with Gasteiger partial charge in [0, 0.05) is 44.6 Å². The van der Waals surface area contributed by atoms with Crippen LogP contribution in [0.2, 0.25) is 0 Å². The van der Waals surface area contributed by atoms with Crippen molar-refractivity contribution >= 4 is 33.0 Å². The van der Waals surface area contributed by atoms with Crippen LogP contribution in [0, 0.1) is 12.7 Å². The highest BCUT2D eigenvalue weighted by atomic mass is 32.2. The number of benzene rings is 2. The monoisotopic (exact) mass is 463 g/mol. The Morgan fingerprint density at radius 1 is 1.19 bits per heavy atom. The second kappa shape index (κ2) is 8.60. The molecule has 1 aromatic heterocycles. The van der Waals surface area contributed by atoms with E-state index in [-0.39, 0.29) is 34.6 Å². The van der Waals surface area contributed by atoms with Gasteiger partial charge in [-0.2, -0.15) is 8.42 Å². The summed E-state index contributed by atoms with van der Waals surface area (Å²) >= 11 is 0. The molecule has 0 saturated heterocycles. The van der Waals surface area contributed by atoms with Crippen LogP contribution in [0.3, 0.4) is 0 Å². The van der Waals surface area contributed by atoms with E-state index in [9.17, 15) is 18.0 Å². The van der Waals surface area contributed by atoms with Gasteiger partial charge in [0.05, 0.1) is 5.69 Å². The number of nitrogens with zero attached hydrogens (tertiary/aromatic N) is 2. The molecule has 0 spiro atoms. The minimum absolute atomic E-state index is 0.101. The number of carbonyl (C=O) groups is 1. The molecule has 0 radical (unpaired) electrons. The van der Waals surface area contributed by atoms with Crippen molar-refractivity contribution in [1.29, 1.82) is 0 Å². The van der Waals surface area contributed by atoms with Crippen molar-refractivity contribution in [3.8, 4) is 5.75 Å². The number of rotatable bonds is 5. The molecule has 0 unspecified atom stereocenters. The Hall–Kier alpha value is -3.44. The molecule has 32 heavy (non-hydrogen) atoms. The molecule has 1 heterocycles. The van der Waals surface area contributed by atoms with Crippen LogP contribution < -0.4 is 19.8 Å². The van der Waals surface area contributed by atoms with Crippen molar-refractivity contribution in [2.45, 2.75) is 13.3 Å². The van der Waals surface area contributed by atoms with Crippen molar-refractivity contribution in [3.05, 3.63) is 69.3 Å². The Kier molecular flexibility index (Phi) is 6.24. The highest BCUT2D eigenvalue weighted by Gasteiger charge is 2.21. The van der Waals surface area contributed by atoms with E-state index in [4.69, 9.17) is 14.3 Å². The highest BCUT2D eigenvalue weighted by Crippen LogP contribution is 2.28. The number of hydrogen-bond acceptors (Lipinski definition) is 6. The third kappa shape index (κ3) is 4.58. The van der Waals surface area contributed by atoms with Crippen LogP contribution in [0.4, 0.5) is 14.9 Å². The summed E-state index contributed by atoms with van der Waals surface area (Å²) < 4.78 is 49.4. The Morgan fingerprint density at radius 2 is 1.88 bits per heavy atom. The van der Waals surface area contributed by atoms with Gasteiger partial charge in [0.15, 0.2) is 5.82 Å². The number of aryl methyl sites for hydroxylation is 1. The predicted octanol–water partition coefficient (Wildman–Crippen LogP) is 2.53. The van der Waals surface area contributed by atoms with Gasteiger partial charge in [-0.1, -0.05) is 12.1 Å². The number of hydrogen-bond donors (Lipinski definition) is 1. The van der Waals surface area contributed by atoms with E-state index in [1.54, 1.807) is 19.1 Å². The molecule has 0 bridgehead atoms. The molecular formula is C21H22FN3O6S. The molecule has 0 atom stereocenters. The molecular weight excluding hydrogens is 441 g/mol. The number of halogens is 1. The zero-order valence-corrected chi connectivity index (χ0v) is 18.7. The zero-order valence-electron chi connectivity index (χ0n) is 17.9. The first-order valence-electron chi connectivity index (χ1n) is 9.39. The fourth-order valence-corrected chi connectivity index (χ4v) is 3.52. The van der Waals surface area contributed by atoms with Gasteiger partial charge in [-0.3, -0.25) is 4.31 Å². The Labute approximate surface area is 184 Å². The summed E-state index contributed by atoms with van der Waals surface area (Å²) in [6.07, 6.45) is -0.709. The number of fused-ring (bicyclic) bond motifs is 1. The van der Waals surface area contributed by atoms with Crippen molar-refractivity contribution in [3.63, 3.8) is 0 Å². The van der Waals surface area contributed by atoms with Gasteiger partial charge < -0.3 is 14.1 Å². The predicted molar refractivity (Wildman–Crippen MR) is 118 cm³/mol. The largest absolute Gasteiger partial charge is 0.422 e. The Balaban J connectivity index is 2.02. The second-order valence-electron chi connectivity index (χ2n) is 7.35. The highest BCUT2D eigenvalue weighted by molar-refractivity contribution is 7.90. The number of amides is 1. The molecule has 3 aromatic rings. The van der Waals surface area contributed by atoms with Crippen LogP contribution in [-0.2, 0) is 16.6 Å². The summed E-state index contributed by atoms with van der Waals surface area (Å²) in [6, 6.07) is 8.81. The topological polar surface area (TPSA) is 123 Å². The molecule has 2 N–H and O–H groups in total. The van der Waals surface area contributed by atoms with Crippen LogP contribution in [0.5, 0.6) is 5.75 Å². The maximum absolute atomic E-state index is 15.0. The minimum Gasteiger partial charge on any atom is -0.422 e. The molecule has 0 aliphatic carbocycles. The fraction of sp³-hybridized carbons (Fsp3) is 0.238. The lowest BCUT2D eigenvalue weighted by Crippen LogP contribution is -2.33. The summed E-state index contributed by atoms with van der Waals surface area (Å²) in [5, 5.41) is 5.67. The summed E-state index contributed by atoms with van der Waals surface area (Å²) in [7, 11) is 0.0486. The van der Waals surface area contributed by atoms with Crippen LogP contribution in [0.25, 0.3) is 11.0 Å². The lowest BCUT2D eigenvalue weighted by atomic mass is 9.99. The number of anilines is 1. The van der Waals surface area contributed by atoms with Crippen molar-refractivity contribution in [2.24, 2.45) is 5.14 Å². The summed E-state index contributed by atoms with van der Waals surface area (Å²) in [5.41, 5.74) is 0.167. The molecule has 2 aromatic carbocycles. The molecule has 1 amide bonds. The lowest BCUT2D eigenvalue weighted by Gasteiger charge is -2.18. The molecule has 11 heteroatoms. The van der Waals surface area contributed by atoms with E-state index >= 15 is 4.39 Å². The first kappa shape index (κ1) is 23.2. The van der Waals surface area contributed by atoms with E-state index in [0.29, 0.717) is 15.3 Å². The molecule has 0 aliphatic heterocycles. The third-order valence-corrected chi connectivity index (χ3v) is 5.94. The Morgan fingerprint density at radius 3 is 2.50 bits per heavy atom. The zero-order chi connectivity index (χ0) is 23.8. The first-order chi connectivity index (χ1) is 14.9. The van der Waals surface area contributed by atoms with E-state index < -0.39 is 27.7 Å². The second-order valence-corrected chi connectivity index (χ2v) is 8.93. The summed E-state index contributed by atoms with van der Waals surface area (Å²) in [4.78, 5) is 25.6. The summed E-state index contributed by atoms with van der Waals surface area (Å²) in [6.45, 7) is 1.69. The first-order valence-corrected chi connectivity index (χ1v) is 10.9. The van der Waals surface area contributed by atoms with E-state index in [1.807, 2.05) is 0 Å². The van der Waals surface area contributed by atoms with Crippen LogP contribution in [0.15, 0.2) is 45.6 Å². The number of carbonyl (C=O) groups excluding carboxylic acids is 1. The van der Waals surface area contributed by atoms with Gasteiger partial charge in [-0.15, -0.1) is 0 Å². The molecule has 0 saturated carbocycles. The summed E-state index contributed by atoms with van der Waals surface area (Å²) in [5.74, 6) is -0.606. The number of ether oxygens (including phenoxy) is 1. The van der Waals surface area contributed by atoms with Crippen molar-refractivity contribution < 1.29 is 26.8 Å². The van der Waals surface area contributed by atoms with E-state index in [2.05, 4.69) is 0 Å². The lowest BCUT2D eigenvalue weighted by molar-refractivity contribution is 0.172. The van der Waals surface area contributed by atoms with Gasteiger partial charge in [-0.05, 0) is 36.2 Å². The minimum atomic E-state index is -4.16. The van der Waals surface area contributed by atoms with Gasteiger partial charge in [-0.25, -0.2) is 19.1 Å². The standard InChI is InChI=1S/C21H22FN3O6S/c1-12-15-9-8-14(30-21(27)24(2)3)11-18(15)31-20(26)16(12)10-13-6-5-7-17(19(13)22)25(4)32(23,28)29/h5-9,11H,10H2,1-4H3,(H2,23,28,29). The average Bonchev–Trinajstić information content (AvgIpc) is 2.70. The molecule has 170 valence electrons. The van der Waals surface area contributed by atoms with Crippen LogP contribution >= 0.6 is 0 Å². The smallest absolute Gasteiger partial charge is 0.414 e. The van der Waals surface area contributed by atoms with Gasteiger partial charge in [0.25, 0.3) is 10.2 Å². The maximum Gasteiger partial charge on any atom is 0.414 e. The Bertz CT molecular complexity index is 1370. The quantitative estimate of drug-likeness (QED) is 0.580. The number of nitrogens with two attached hydrogens (primary N) is 1. The van der Waals surface area contributed by atoms with Crippen molar-refractivity contribution in [2.75, 3.05) is 25.4 Å². The van der Waals surface area contributed by atoms with Crippen molar-refractivity contribution in [1.82, 2.24) is 4.90 Å². The van der Waals surface area contributed by atoms with E-state index in [0.717, 1.165) is 7.05 Å². The normalized spacial score (nSPS) is 11.4. The maximum atomic E-state index is 15.0. The fourth-order valence-electron chi connectivity index (χ4n) is 3.11.